The Hall–Kier alpha value is -0.740. The zero-order chi connectivity index (χ0) is 14.9. The van der Waals surface area contributed by atoms with Crippen molar-refractivity contribution in [2.75, 3.05) is 32.1 Å². The first-order valence-electron chi connectivity index (χ1n) is 6.19. The monoisotopic (exact) mass is 363 g/mol. The van der Waals surface area contributed by atoms with Gasteiger partial charge in [0.25, 0.3) is 0 Å². The third kappa shape index (κ3) is 2.96. The Labute approximate surface area is 127 Å². The molecule has 20 heavy (non-hydrogen) atoms. The fourth-order valence-electron chi connectivity index (χ4n) is 2.10. The zero-order valence-electron chi connectivity index (χ0n) is 11.4. The first kappa shape index (κ1) is 15.6. The van der Waals surface area contributed by atoms with E-state index in [0.29, 0.717) is 24.1 Å². The second-order valence-corrected chi connectivity index (χ2v) is 7.66. The van der Waals surface area contributed by atoms with Crippen LogP contribution in [-0.2, 0) is 10.0 Å². The van der Waals surface area contributed by atoms with Crippen molar-refractivity contribution in [3.8, 4) is 0 Å². The summed E-state index contributed by atoms with van der Waals surface area (Å²) in [7, 11) is -1.62. The third-order valence-corrected chi connectivity index (χ3v) is 5.81. The van der Waals surface area contributed by atoms with Crippen LogP contribution in [0.3, 0.4) is 0 Å². The minimum Gasteiger partial charge on any atom is -0.307 e. The van der Waals surface area contributed by atoms with Gasteiger partial charge in [-0.3, -0.25) is 0 Å². The molecule has 0 radical (unpaired) electrons. The molecule has 3 N–H and O–H groups in total. The smallest absolute Gasteiger partial charge is 0.246 e. The maximum absolute atomic E-state index is 12.7. The molecule has 0 spiro atoms. The zero-order valence-corrected chi connectivity index (χ0v) is 13.8. The minimum absolute atomic E-state index is 0.0890. The number of pyridine rings is 1. The summed E-state index contributed by atoms with van der Waals surface area (Å²) in [6.07, 6.45) is 1.50. The van der Waals surface area contributed by atoms with Crippen molar-refractivity contribution in [1.82, 2.24) is 14.2 Å². The number of nitrogens with two attached hydrogens (primary N) is 1. The Morgan fingerprint density at radius 3 is 2.80 bits per heavy atom. The second-order valence-electron chi connectivity index (χ2n) is 4.84. The van der Waals surface area contributed by atoms with Crippen molar-refractivity contribution in [2.45, 2.75) is 17.9 Å². The summed E-state index contributed by atoms with van der Waals surface area (Å²) in [4.78, 5) is 6.21. The van der Waals surface area contributed by atoms with Crippen molar-refractivity contribution in [2.24, 2.45) is 5.84 Å². The molecule has 1 fully saturated rings. The molecule has 0 aliphatic carbocycles. The van der Waals surface area contributed by atoms with Crippen LogP contribution < -0.4 is 11.3 Å². The number of nitrogens with zero attached hydrogens (tertiary/aromatic N) is 3. The van der Waals surface area contributed by atoms with Crippen LogP contribution in [0.2, 0.25) is 0 Å². The molecule has 0 aromatic carbocycles. The number of hydrogen-bond donors (Lipinski definition) is 2. The molecule has 1 saturated heterocycles. The molecule has 1 aromatic heterocycles. The molecular weight excluding hydrogens is 346 g/mol. The number of rotatable bonds is 3. The molecule has 0 amide bonds. The fraction of sp³-hybridized carbons (Fsp3) is 0.545. The SMILES string of the molecule is CC1CN(S(=O)(=O)c2cc(Br)cnc2NN)CCN1C. The minimum atomic E-state index is -3.61. The summed E-state index contributed by atoms with van der Waals surface area (Å²) in [5.74, 6) is 5.51. The average Bonchev–Trinajstić information content (AvgIpc) is 2.41. The van der Waals surface area contributed by atoms with E-state index >= 15 is 0 Å². The summed E-state index contributed by atoms with van der Waals surface area (Å²) in [5.41, 5.74) is 2.34. The van der Waals surface area contributed by atoms with Gasteiger partial charge in [-0.15, -0.1) is 0 Å². The number of sulfonamides is 1. The van der Waals surface area contributed by atoms with E-state index in [1.54, 1.807) is 0 Å². The predicted molar refractivity (Wildman–Crippen MR) is 80.6 cm³/mol. The van der Waals surface area contributed by atoms with E-state index < -0.39 is 10.0 Å². The number of hydrazine groups is 1. The Balaban J connectivity index is 2.38. The highest BCUT2D eigenvalue weighted by Crippen LogP contribution is 2.26. The second kappa shape index (κ2) is 5.94. The van der Waals surface area contributed by atoms with Crippen LogP contribution >= 0.6 is 15.9 Å². The molecule has 112 valence electrons. The lowest BCUT2D eigenvalue weighted by Crippen LogP contribution is -2.51. The summed E-state index contributed by atoms with van der Waals surface area (Å²) in [6.45, 7) is 3.62. The first-order valence-corrected chi connectivity index (χ1v) is 8.42. The number of halogens is 1. The van der Waals surface area contributed by atoms with Gasteiger partial charge in [-0.05, 0) is 36.0 Å². The standard InChI is InChI=1S/C11H18BrN5O2S/c1-8-7-17(4-3-16(8)2)20(18,19)10-5-9(12)6-14-11(10)15-13/h5-6,8H,3-4,7,13H2,1-2H3,(H,14,15). The highest BCUT2D eigenvalue weighted by molar-refractivity contribution is 9.10. The van der Waals surface area contributed by atoms with Crippen LogP contribution in [0.1, 0.15) is 6.92 Å². The van der Waals surface area contributed by atoms with Gasteiger partial charge in [-0.1, -0.05) is 0 Å². The van der Waals surface area contributed by atoms with Gasteiger partial charge in [0.2, 0.25) is 10.0 Å². The molecule has 9 heteroatoms. The maximum Gasteiger partial charge on any atom is 0.246 e. The fourth-order valence-corrected chi connectivity index (χ4v) is 4.23. The normalized spacial score (nSPS) is 21.9. The molecule has 1 unspecified atom stereocenters. The highest BCUT2D eigenvalue weighted by atomic mass is 79.9. The van der Waals surface area contributed by atoms with Crippen LogP contribution in [0.5, 0.6) is 0 Å². The molecule has 1 aliphatic heterocycles. The van der Waals surface area contributed by atoms with Gasteiger partial charge in [0, 0.05) is 36.3 Å². The number of aromatic nitrogens is 1. The molecule has 0 bridgehead atoms. The van der Waals surface area contributed by atoms with Crippen LogP contribution in [0.15, 0.2) is 21.6 Å². The van der Waals surface area contributed by atoms with E-state index in [0.717, 1.165) is 0 Å². The number of likely N-dealkylation sites (N-methyl/N-ethyl adjacent to an activating group) is 1. The molecular formula is C11H18BrN5O2S. The van der Waals surface area contributed by atoms with E-state index in [1.165, 1.54) is 16.6 Å². The lowest BCUT2D eigenvalue weighted by atomic mass is 10.2. The summed E-state index contributed by atoms with van der Waals surface area (Å²) in [5, 5.41) is 0. The van der Waals surface area contributed by atoms with E-state index in [1.807, 2.05) is 14.0 Å². The Bertz CT molecular complexity index is 594. The van der Waals surface area contributed by atoms with Gasteiger partial charge in [0.15, 0.2) is 5.82 Å². The van der Waals surface area contributed by atoms with Crippen molar-refractivity contribution >= 4 is 31.8 Å². The third-order valence-electron chi connectivity index (χ3n) is 3.50. The Morgan fingerprint density at radius 2 is 2.20 bits per heavy atom. The maximum atomic E-state index is 12.7. The topological polar surface area (TPSA) is 91.6 Å². The van der Waals surface area contributed by atoms with Gasteiger partial charge in [-0.25, -0.2) is 19.2 Å². The van der Waals surface area contributed by atoms with Gasteiger partial charge in [0.05, 0.1) is 0 Å². The van der Waals surface area contributed by atoms with Crippen molar-refractivity contribution in [3.63, 3.8) is 0 Å². The van der Waals surface area contributed by atoms with Crippen LogP contribution in [0.4, 0.5) is 5.82 Å². The molecule has 0 saturated carbocycles. The number of nitrogens with one attached hydrogen (secondary N) is 1. The largest absolute Gasteiger partial charge is 0.307 e. The molecule has 2 rings (SSSR count). The number of piperazine rings is 1. The quantitative estimate of drug-likeness (QED) is 0.598. The average molecular weight is 364 g/mol. The van der Waals surface area contributed by atoms with Gasteiger partial charge in [-0.2, -0.15) is 4.31 Å². The van der Waals surface area contributed by atoms with Crippen molar-refractivity contribution < 1.29 is 8.42 Å². The number of nitrogen functional groups attached to an aromatic ring is 1. The van der Waals surface area contributed by atoms with Crippen molar-refractivity contribution in [1.29, 1.82) is 0 Å². The number of hydrogen-bond acceptors (Lipinski definition) is 6. The van der Waals surface area contributed by atoms with E-state index in [4.69, 9.17) is 5.84 Å². The highest BCUT2D eigenvalue weighted by Gasteiger charge is 2.32. The predicted octanol–water partition coefficient (Wildman–Crippen LogP) is 0.454. The van der Waals surface area contributed by atoms with E-state index in [2.05, 4.69) is 31.2 Å². The van der Waals surface area contributed by atoms with Crippen LogP contribution in [0.25, 0.3) is 0 Å². The lowest BCUT2D eigenvalue weighted by molar-refractivity contribution is 0.159. The van der Waals surface area contributed by atoms with E-state index in [9.17, 15) is 8.42 Å². The molecule has 1 aliphatic rings. The first-order chi connectivity index (χ1) is 9.36. The van der Waals surface area contributed by atoms with Crippen LogP contribution in [0, 0.1) is 0 Å². The lowest BCUT2D eigenvalue weighted by Gasteiger charge is -2.36. The Morgan fingerprint density at radius 1 is 1.50 bits per heavy atom. The number of anilines is 1. The van der Waals surface area contributed by atoms with Crippen molar-refractivity contribution in [3.05, 3.63) is 16.7 Å². The summed E-state index contributed by atoms with van der Waals surface area (Å²) >= 11 is 3.24. The molecule has 1 atom stereocenters. The Kier molecular flexibility index (Phi) is 4.65. The van der Waals surface area contributed by atoms with Gasteiger partial charge < -0.3 is 10.3 Å². The van der Waals surface area contributed by atoms with Gasteiger partial charge in [0.1, 0.15) is 4.90 Å². The van der Waals surface area contributed by atoms with Gasteiger partial charge >= 0.3 is 0 Å². The molecule has 7 nitrogen and oxygen atoms in total. The van der Waals surface area contributed by atoms with Crippen LogP contribution in [-0.4, -0.2) is 55.3 Å². The summed E-state index contributed by atoms with van der Waals surface area (Å²) in [6, 6.07) is 1.69. The van der Waals surface area contributed by atoms with E-state index in [-0.39, 0.29) is 16.8 Å². The summed E-state index contributed by atoms with van der Waals surface area (Å²) < 4.78 is 27.5. The molecule has 1 aromatic rings. The molecule has 2 heterocycles.